The summed E-state index contributed by atoms with van der Waals surface area (Å²) in [4.78, 5) is 38.2. The van der Waals surface area contributed by atoms with Crippen LogP contribution in [-0.4, -0.2) is 22.4 Å². The van der Waals surface area contributed by atoms with Crippen LogP contribution in [0.25, 0.3) is 0 Å². The van der Waals surface area contributed by atoms with Crippen LogP contribution in [-0.2, 0) is 0 Å². The van der Waals surface area contributed by atoms with Crippen LogP contribution in [0.15, 0.2) is 46.0 Å². The van der Waals surface area contributed by atoms with Gasteiger partial charge < -0.3 is 16.0 Å². The highest BCUT2D eigenvalue weighted by molar-refractivity contribution is 5.92. The van der Waals surface area contributed by atoms with Crippen molar-refractivity contribution in [1.82, 2.24) is 15.3 Å². The molecule has 2 rings (SSSR count). The van der Waals surface area contributed by atoms with Gasteiger partial charge in [0, 0.05) is 18.7 Å². The van der Waals surface area contributed by atoms with Gasteiger partial charge in [-0.1, -0.05) is 30.3 Å². The molecule has 7 heteroatoms. The van der Waals surface area contributed by atoms with Gasteiger partial charge in [0.25, 0.3) is 11.5 Å². The molecule has 1 amide bonds. The maximum absolute atomic E-state index is 11.8. The van der Waals surface area contributed by atoms with Gasteiger partial charge in [0.2, 0.25) is 0 Å². The maximum atomic E-state index is 11.8. The van der Waals surface area contributed by atoms with E-state index in [1.807, 2.05) is 35.3 Å². The highest BCUT2D eigenvalue weighted by Gasteiger charge is 2.10. The third kappa shape index (κ3) is 3.42. The molecular formula is C13H14N4O3. The van der Waals surface area contributed by atoms with E-state index < -0.39 is 17.2 Å². The summed E-state index contributed by atoms with van der Waals surface area (Å²) in [6, 6.07) is 9.93. The summed E-state index contributed by atoms with van der Waals surface area (Å²) in [7, 11) is 0. The minimum absolute atomic E-state index is 0.0981. The molecule has 0 fully saturated rings. The molecule has 7 nitrogen and oxygen atoms in total. The van der Waals surface area contributed by atoms with Gasteiger partial charge in [0.1, 0.15) is 5.69 Å². The monoisotopic (exact) mass is 274 g/mol. The largest absolute Gasteiger partial charge is 0.349 e. The van der Waals surface area contributed by atoms with Crippen LogP contribution in [0.2, 0.25) is 0 Å². The molecule has 1 heterocycles. The number of hydrogen-bond acceptors (Lipinski definition) is 4. The Bertz CT molecular complexity index is 677. The number of carbonyl (C=O) groups is 1. The molecule has 0 saturated carbocycles. The van der Waals surface area contributed by atoms with E-state index in [1.165, 1.54) is 0 Å². The minimum Gasteiger partial charge on any atom is -0.349 e. The number of carbonyl (C=O) groups excluding carboxylic acids is 1. The van der Waals surface area contributed by atoms with Crippen molar-refractivity contribution < 1.29 is 4.79 Å². The molecule has 0 aliphatic carbocycles. The van der Waals surface area contributed by atoms with Crippen LogP contribution in [0.4, 0.5) is 0 Å². The quantitative estimate of drug-likeness (QED) is 0.600. The molecule has 2 aromatic rings. The Kier molecular flexibility index (Phi) is 4.11. The minimum atomic E-state index is -0.727. The van der Waals surface area contributed by atoms with Gasteiger partial charge in [0.05, 0.1) is 0 Å². The molecule has 1 aromatic heterocycles. The van der Waals surface area contributed by atoms with E-state index in [2.05, 4.69) is 10.3 Å². The standard InChI is InChI=1S/C13H14N4O3/c14-9(8-4-2-1-3-5-8)7-15-12(19)10-6-11(18)17-13(20)16-10/h1-6,9H,7,14H2,(H,15,19)(H2,16,17,18,20). The van der Waals surface area contributed by atoms with Gasteiger partial charge >= 0.3 is 5.69 Å². The Labute approximate surface area is 113 Å². The normalized spacial score (nSPS) is 11.8. The number of rotatable bonds is 4. The molecule has 1 aromatic carbocycles. The zero-order chi connectivity index (χ0) is 14.5. The second-order valence-corrected chi connectivity index (χ2v) is 4.23. The summed E-state index contributed by atoms with van der Waals surface area (Å²) in [6.07, 6.45) is 0. The van der Waals surface area contributed by atoms with Crippen LogP contribution in [0.5, 0.6) is 0 Å². The van der Waals surface area contributed by atoms with Crippen LogP contribution in [0.3, 0.4) is 0 Å². The first-order chi connectivity index (χ1) is 9.56. The lowest BCUT2D eigenvalue weighted by atomic mass is 10.1. The highest BCUT2D eigenvalue weighted by Crippen LogP contribution is 2.07. The third-order valence-corrected chi connectivity index (χ3v) is 2.72. The molecule has 0 spiro atoms. The van der Waals surface area contributed by atoms with Gasteiger partial charge in [0.15, 0.2) is 0 Å². The second kappa shape index (κ2) is 5.98. The molecule has 1 unspecified atom stereocenters. The molecule has 0 bridgehead atoms. The zero-order valence-corrected chi connectivity index (χ0v) is 10.6. The van der Waals surface area contributed by atoms with Crippen molar-refractivity contribution in [1.29, 1.82) is 0 Å². The summed E-state index contributed by atoms with van der Waals surface area (Å²) < 4.78 is 0. The van der Waals surface area contributed by atoms with E-state index in [1.54, 1.807) is 0 Å². The number of H-pyrrole nitrogens is 2. The fourth-order valence-electron chi connectivity index (χ4n) is 1.71. The summed E-state index contributed by atoms with van der Waals surface area (Å²) in [5, 5.41) is 2.56. The fourth-order valence-corrected chi connectivity index (χ4v) is 1.71. The third-order valence-electron chi connectivity index (χ3n) is 2.72. The summed E-state index contributed by atoms with van der Waals surface area (Å²) in [5.74, 6) is -0.556. The molecule has 5 N–H and O–H groups in total. The number of nitrogens with one attached hydrogen (secondary N) is 3. The Morgan fingerprint density at radius 2 is 1.90 bits per heavy atom. The predicted octanol–water partition coefficient (Wildman–Crippen LogP) is -0.507. The second-order valence-electron chi connectivity index (χ2n) is 4.23. The van der Waals surface area contributed by atoms with Crippen molar-refractivity contribution >= 4 is 5.91 Å². The Hall–Kier alpha value is -2.67. The molecular weight excluding hydrogens is 260 g/mol. The van der Waals surface area contributed by atoms with Crippen molar-refractivity contribution in [2.24, 2.45) is 5.73 Å². The van der Waals surface area contributed by atoms with E-state index in [4.69, 9.17) is 5.73 Å². The summed E-state index contributed by atoms with van der Waals surface area (Å²) in [5.41, 5.74) is 5.35. The van der Waals surface area contributed by atoms with Crippen molar-refractivity contribution in [2.75, 3.05) is 6.54 Å². The molecule has 0 radical (unpaired) electrons. The highest BCUT2D eigenvalue weighted by atomic mass is 16.2. The molecule has 20 heavy (non-hydrogen) atoms. The Balaban J connectivity index is 2.02. The molecule has 0 saturated heterocycles. The van der Waals surface area contributed by atoms with Crippen LogP contribution < -0.4 is 22.3 Å². The van der Waals surface area contributed by atoms with Gasteiger partial charge in [-0.05, 0) is 5.56 Å². The lowest BCUT2D eigenvalue weighted by Gasteiger charge is -2.12. The van der Waals surface area contributed by atoms with E-state index >= 15 is 0 Å². The molecule has 0 aliphatic heterocycles. The smallest absolute Gasteiger partial charge is 0.326 e. The van der Waals surface area contributed by atoms with Gasteiger partial charge in [-0.2, -0.15) is 0 Å². The molecule has 104 valence electrons. The van der Waals surface area contributed by atoms with Crippen LogP contribution in [0.1, 0.15) is 22.1 Å². The Morgan fingerprint density at radius 1 is 1.20 bits per heavy atom. The predicted molar refractivity (Wildman–Crippen MR) is 73.4 cm³/mol. The SMILES string of the molecule is NC(CNC(=O)c1cc(=O)[nH]c(=O)[nH]1)c1ccccc1. The number of hydrogen-bond donors (Lipinski definition) is 4. The number of benzene rings is 1. The van der Waals surface area contributed by atoms with E-state index in [-0.39, 0.29) is 18.3 Å². The number of aromatic nitrogens is 2. The van der Waals surface area contributed by atoms with Crippen molar-refractivity contribution in [3.8, 4) is 0 Å². The zero-order valence-electron chi connectivity index (χ0n) is 10.6. The Morgan fingerprint density at radius 3 is 2.55 bits per heavy atom. The number of nitrogens with two attached hydrogens (primary N) is 1. The first-order valence-corrected chi connectivity index (χ1v) is 5.98. The van der Waals surface area contributed by atoms with E-state index in [0.717, 1.165) is 11.6 Å². The van der Waals surface area contributed by atoms with Crippen LogP contribution >= 0.6 is 0 Å². The average Bonchev–Trinajstić information content (AvgIpc) is 2.44. The maximum Gasteiger partial charge on any atom is 0.326 e. The van der Waals surface area contributed by atoms with Crippen molar-refractivity contribution in [3.05, 3.63) is 68.5 Å². The number of amides is 1. The van der Waals surface area contributed by atoms with Crippen molar-refractivity contribution in [3.63, 3.8) is 0 Å². The summed E-state index contributed by atoms with van der Waals surface area (Å²) in [6.45, 7) is 0.192. The van der Waals surface area contributed by atoms with Gasteiger partial charge in [-0.3, -0.25) is 14.6 Å². The van der Waals surface area contributed by atoms with E-state index in [9.17, 15) is 14.4 Å². The molecule has 1 atom stereocenters. The lowest BCUT2D eigenvalue weighted by Crippen LogP contribution is -2.35. The molecule has 0 aliphatic rings. The lowest BCUT2D eigenvalue weighted by molar-refractivity contribution is 0.0945. The van der Waals surface area contributed by atoms with Gasteiger partial charge in [-0.15, -0.1) is 0 Å². The first kappa shape index (κ1) is 13.8. The topological polar surface area (TPSA) is 121 Å². The summed E-state index contributed by atoms with van der Waals surface area (Å²) >= 11 is 0. The number of aromatic amines is 2. The van der Waals surface area contributed by atoms with Crippen LogP contribution in [0, 0.1) is 0 Å². The average molecular weight is 274 g/mol. The van der Waals surface area contributed by atoms with Crippen molar-refractivity contribution in [2.45, 2.75) is 6.04 Å². The first-order valence-electron chi connectivity index (χ1n) is 5.98. The fraction of sp³-hybridized carbons (Fsp3) is 0.154. The van der Waals surface area contributed by atoms with E-state index in [0.29, 0.717) is 0 Å². The van der Waals surface area contributed by atoms with Gasteiger partial charge in [-0.25, -0.2) is 4.79 Å².